The zero-order chi connectivity index (χ0) is 13.0. The van der Waals surface area contributed by atoms with Crippen LogP contribution in [0.4, 0.5) is 8.78 Å². The van der Waals surface area contributed by atoms with Crippen LogP contribution in [0.25, 0.3) is 5.57 Å². The molecule has 1 aromatic rings. The van der Waals surface area contributed by atoms with Crippen molar-refractivity contribution in [3.8, 4) is 0 Å². The number of carboxylic acid groups (broad SMARTS) is 1. The number of benzene rings is 1. The van der Waals surface area contributed by atoms with Gasteiger partial charge in [0.2, 0.25) is 0 Å². The minimum atomic E-state index is -1.62. The van der Waals surface area contributed by atoms with E-state index in [0.29, 0.717) is 12.0 Å². The number of hydrogen-bond acceptors (Lipinski definition) is 1. The molecule has 0 radical (unpaired) electrons. The molecule has 0 aliphatic heterocycles. The van der Waals surface area contributed by atoms with Gasteiger partial charge in [-0.3, -0.25) is 0 Å². The van der Waals surface area contributed by atoms with Crippen LogP contribution in [0.1, 0.15) is 29.3 Å². The van der Waals surface area contributed by atoms with E-state index in [-0.39, 0.29) is 5.56 Å². The molecule has 4 heteroatoms. The van der Waals surface area contributed by atoms with E-state index in [9.17, 15) is 13.6 Å². The van der Waals surface area contributed by atoms with Gasteiger partial charge in [-0.05, 0) is 29.7 Å². The van der Waals surface area contributed by atoms with E-state index in [1.54, 1.807) is 6.08 Å². The number of aromatic carboxylic acids is 1. The number of allylic oxidation sites excluding steroid dienone is 3. The normalized spacial score (nSPS) is 11.4. The van der Waals surface area contributed by atoms with E-state index >= 15 is 0 Å². The predicted molar refractivity (Wildman–Crippen MR) is 61.8 cm³/mol. The molecule has 0 saturated carbocycles. The monoisotopic (exact) mass is 238 g/mol. The number of carboxylic acids is 1. The Morgan fingerprint density at radius 2 is 1.94 bits per heavy atom. The Bertz CT molecular complexity index is 467. The summed E-state index contributed by atoms with van der Waals surface area (Å²) in [7, 11) is 0. The molecule has 1 rings (SSSR count). The average molecular weight is 238 g/mol. The van der Waals surface area contributed by atoms with Crippen LogP contribution in [0, 0.1) is 11.6 Å². The summed E-state index contributed by atoms with van der Waals surface area (Å²) in [5.74, 6) is -3.79. The smallest absolute Gasteiger partial charge is 0.341 e. The number of halogens is 2. The molecule has 0 fully saturated rings. The van der Waals surface area contributed by atoms with Crippen molar-refractivity contribution in [2.75, 3.05) is 0 Å². The van der Waals surface area contributed by atoms with Gasteiger partial charge in [0.05, 0.1) is 0 Å². The fourth-order valence-corrected chi connectivity index (χ4v) is 1.48. The molecule has 0 spiro atoms. The van der Waals surface area contributed by atoms with Crippen molar-refractivity contribution >= 4 is 11.5 Å². The predicted octanol–water partition coefficient (Wildman–Crippen LogP) is 3.64. The van der Waals surface area contributed by atoms with Crippen LogP contribution in [0.5, 0.6) is 0 Å². The molecule has 90 valence electrons. The van der Waals surface area contributed by atoms with Crippen molar-refractivity contribution in [2.45, 2.75) is 13.3 Å². The average Bonchev–Trinajstić information content (AvgIpc) is 2.24. The molecule has 0 heterocycles. The largest absolute Gasteiger partial charge is 0.477 e. The Morgan fingerprint density at radius 3 is 2.29 bits per heavy atom. The molecule has 0 aromatic heterocycles. The van der Waals surface area contributed by atoms with Crippen LogP contribution in [-0.2, 0) is 0 Å². The van der Waals surface area contributed by atoms with E-state index < -0.39 is 23.2 Å². The Hall–Kier alpha value is -1.97. The fourth-order valence-electron chi connectivity index (χ4n) is 1.48. The molecule has 17 heavy (non-hydrogen) atoms. The van der Waals surface area contributed by atoms with Crippen LogP contribution in [0.3, 0.4) is 0 Å². The van der Waals surface area contributed by atoms with E-state index in [1.807, 2.05) is 6.92 Å². The molecule has 2 nitrogen and oxygen atoms in total. The molecule has 0 bridgehead atoms. The summed E-state index contributed by atoms with van der Waals surface area (Å²) < 4.78 is 26.8. The molecule has 0 saturated heterocycles. The van der Waals surface area contributed by atoms with Crippen molar-refractivity contribution in [1.29, 1.82) is 0 Å². The molecule has 0 amide bonds. The molecule has 0 unspecified atom stereocenters. The van der Waals surface area contributed by atoms with E-state index in [4.69, 9.17) is 5.11 Å². The first-order valence-corrected chi connectivity index (χ1v) is 5.06. The molecular weight excluding hydrogens is 226 g/mol. The number of hydrogen-bond donors (Lipinski definition) is 1. The highest BCUT2D eigenvalue weighted by atomic mass is 19.1. The lowest BCUT2D eigenvalue weighted by atomic mass is 10.0. The SMILES string of the molecule is C=C/C(=C\CC)c1cc(F)c(C(=O)O)c(F)c1. The highest BCUT2D eigenvalue weighted by Gasteiger charge is 2.18. The van der Waals surface area contributed by atoms with Gasteiger partial charge in [-0.25, -0.2) is 13.6 Å². The quantitative estimate of drug-likeness (QED) is 0.813. The minimum Gasteiger partial charge on any atom is -0.477 e. The zero-order valence-corrected chi connectivity index (χ0v) is 9.34. The van der Waals surface area contributed by atoms with Crippen molar-refractivity contribution in [3.63, 3.8) is 0 Å². The summed E-state index contributed by atoms with van der Waals surface area (Å²) in [6, 6.07) is 1.99. The third-order valence-corrected chi connectivity index (χ3v) is 2.23. The summed E-state index contributed by atoms with van der Waals surface area (Å²) in [6.07, 6.45) is 3.91. The van der Waals surface area contributed by atoms with Crippen LogP contribution in [-0.4, -0.2) is 11.1 Å². The van der Waals surface area contributed by atoms with Crippen molar-refractivity contribution < 1.29 is 18.7 Å². The molecule has 0 atom stereocenters. The van der Waals surface area contributed by atoms with Gasteiger partial charge in [0, 0.05) is 0 Å². The van der Waals surface area contributed by atoms with Crippen LogP contribution < -0.4 is 0 Å². The van der Waals surface area contributed by atoms with Gasteiger partial charge in [-0.2, -0.15) is 0 Å². The van der Waals surface area contributed by atoms with Gasteiger partial charge < -0.3 is 5.11 Å². The van der Waals surface area contributed by atoms with Crippen LogP contribution in [0.15, 0.2) is 30.9 Å². The standard InChI is InChI=1S/C13H12F2O2/c1-3-5-8(4-2)9-6-10(14)12(13(16)17)11(15)7-9/h4-7H,2-3H2,1H3,(H,16,17)/b8-5+. The maximum absolute atomic E-state index is 13.4. The summed E-state index contributed by atoms with van der Waals surface area (Å²) in [6.45, 7) is 5.42. The van der Waals surface area contributed by atoms with Gasteiger partial charge in [0.25, 0.3) is 0 Å². The lowest BCUT2D eigenvalue weighted by Crippen LogP contribution is -2.05. The van der Waals surface area contributed by atoms with Crippen molar-refractivity contribution in [2.24, 2.45) is 0 Å². The van der Waals surface area contributed by atoms with Crippen molar-refractivity contribution in [1.82, 2.24) is 0 Å². The second-order valence-corrected chi connectivity index (χ2v) is 3.39. The van der Waals surface area contributed by atoms with Gasteiger partial charge >= 0.3 is 5.97 Å². The maximum Gasteiger partial charge on any atom is 0.341 e. The van der Waals surface area contributed by atoms with Gasteiger partial charge in [-0.1, -0.05) is 25.7 Å². The number of carbonyl (C=O) groups is 1. The Balaban J connectivity index is 3.36. The summed E-state index contributed by atoms with van der Waals surface area (Å²) in [5.41, 5.74) is -0.0854. The molecule has 1 N–H and O–H groups in total. The topological polar surface area (TPSA) is 37.3 Å². The Kier molecular flexibility index (Phi) is 4.15. The maximum atomic E-state index is 13.4. The van der Waals surface area contributed by atoms with Crippen LogP contribution in [0.2, 0.25) is 0 Å². The molecule has 1 aromatic carbocycles. The highest BCUT2D eigenvalue weighted by Crippen LogP contribution is 2.22. The van der Waals surface area contributed by atoms with Gasteiger partial charge in [-0.15, -0.1) is 0 Å². The van der Waals surface area contributed by atoms with E-state index in [0.717, 1.165) is 12.1 Å². The van der Waals surface area contributed by atoms with E-state index in [1.165, 1.54) is 6.08 Å². The molecule has 0 aliphatic rings. The first-order chi connectivity index (χ1) is 8.01. The molecular formula is C13H12F2O2. The van der Waals surface area contributed by atoms with E-state index in [2.05, 4.69) is 6.58 Å². The zero-order valence-electron chi connectivity index (χ0n) is 9.34. The van der Waals surface area contributed by atoms with Crippen LogP contribution >= 0.6 is 0 Å². The lowest BCUT2D eigenvalue weighted by molar-refractivity contribution is 0.0686. The highest BCUT2D eigenvalue weighted by molar-refractivity contribution is 5.89. The third-order valence-electron chi connectivity index (χ3n) is 2.23. The second-order valence-electron chi connectivity index (χ2n) is 3.39. The fraction of sp³-hybridized carbons (Fsp3) is 0.154. The Morgan fingerprint density at radius 1 is 1.41 bits per heavy atom. The first-order valence-electron chi connectivity index (χ1n) is 5.06. The van der Waals surface area contributed by atoms with Gasteiger partial charge in [0.15, 0.2) is 0 Å². The summed E-state index contributed by atoms with van der Waals surface area (Å²) >= 11 is 0. The minimum absolute atomic E-state index is 0.279. The summed E-state index contributed by atoms with van der Waals surface area (Å²) in [5, 5.41) is 8.62. The summed E-state index contributed by atoms with van der Waals surface area (Å²) in [4.78, 5) is 10.6. The first kappa shape index (κ1) is 13.1. The second kappa shape index (κ2) is 5.39. The van der Waals surface area contributed by atoms with Crippen molar-refractivity contribution in [3.05, 3.63) is 53.6 Å². The van der Waals surface area contributed by atoms with Gasteiger partial charge in [0.1, 0.15) is 17.2 Å². The third kappa shape index (κ3) is 2.78. The lowest BCUT2D eigenvalue weighted by Gasteiger charge is -2.06. The number of rotatable bonds is 4. The Labute approximate surface area is 97.9 Å². The molecule has 0 aliphatic carbocycles.